The van der Waals surface area contributed by atoms with Gasteiger partial charge in [-0.1, -0.05) is 29.7 Å². The molecule has 0 spiro atoms. The zero-order valence-corrected chi connectivity index (χ0v) is 6.38. The lowest BCUT2D eigenvalue weighted by atomic mass is 9.86. The molecule has 1 aliphatic carbocycles. The molecule has 0 aliphatic heterocycles. The highest BCUT2D eigenvalue weighted by Crippen LogP contribution is 2.41. The summed E-state index contributed by atoms with van der Waals surface area (Å²) in [5.74, 6) is 0. The fourth-order valence-corrected chi connectivity index (χ4v) is 1.35. The van der Waals surface area contributed by atoms with Gasteiger partial charge in [-0.15, -0.1) is 0 Å². The molecule has 11 heavy (non-hydrogen) atoms. The minimum atomic E-state index is -0.0919. The van der Waals surface area contributed by atoms with Crippen molar-refractivity contribution in [2.24, 2.45) is 5.73 Å². The van der Waals surface area contributed by atoms with Gasteiger partial charge in [0.2, 0.25) is 0 Å². The molecule has 1 aromatic carbocycles. The van der Waals surface area contributed by atoms with E-state index in [2.05, 4.69) is 0 Å². The van der Waals surface area contributed by atoms with E-state index < -0.39 is 0 Å². The van der Waals surface area contributed by atoms with Gasteiger partial charge in [0.1, 0.15) is 7.85 Å². The van der Waals surface area contributed by atoms with E-state index in [4.69, 9.17) is 13.6 Å². The van der Waals surface area contributed by atoms with Crippen LogP contribution in [0.4, 0.5) is 0 Å². The molecule has 1 nitrogen and oxygen atoms in total. The average Bonchev–Trinajstić information content (AvgIpc) is 2.70. The molecule has 2 heteroatoms. The van der Waals surface area contributed by atoms with Crippen LogP contribution in [0.2, 0.25) is 0 Å². The maximum absolute atomic E-state index is 5.99. The monoisotopic (exact) mass is 143 g/mol. The first-order valence-electron chi connectivity index (χ1n) is 3.86. The van der Waals surface area contributed by atoms with E-state index in [0.717, 1.165) is 23.9 Å². The van der Waals surface area contributed by atoms with Gasteiger partial charge in [0.15, 0.2) is 0 Å². The normalized spacial score (nSPS) is 19.7. The van der Waals surface area contributed by atoms with Crippen molar-refractivity contribution in [1.29, 1.82) is 0 Å². The molecule has 0 unspecified atom stereocenters. The Kier molecular flexibility index (Phi) is 1.33. The van der Waals surface area contributed by atoms with Crippen molar-refractivity contribution in [2.45, 2.75) is 18.4 Å². The van der Waals surface area contributed by atoms with E-state index in [1.165, 1.54) is 0 Å². The Morgan fingerprint density at radius 3 is 2.45 bits per heavy atom. The third-order valence-corrected chi connectivity index (χ3v) is 2.29. The molecule has 0 saturated heterocycles. The van der Waals surface area contributed by atoms with Crippen molar-refractivity contribution in [3.63, 3.8) is 0 Å². The van der Waals surface area contributed by atoms with Gasteiger partial charge < -0.3 is 5.73 Å². The lowest BCUT2D eigenvalue weighted by Gasteiger charge is -2.11. The van der Waals surface area contributed by atoms with Crippen molar-refractivity contribution in [1.82, 2.24) is 0 Å². The van der Waals surface area contributed by atoms with Gasteiger partial charge in [0.05, 0.1) is 0 Å². The van der Waals surface area contributed by atoms with Crippen molar-refractivity contribution in [2.75, 3.05) is 0 Å². The summed E-state index contributed by atoms with van der Waals surface area (Å²) >= 11 is 0. The summed E-state index contributed by atoms with van der Waals surface area (Å²) in [5, 5.41) is 0. The quantitative estimate of drug-likeness (QED) is 0.566. The fraction of sp³-hybridized carbons (Fsp3) is 0.333. The lowest BCUT2D eigenvalue weighted by Crippen LogP contribution is -2.26. The van der Waals surface area contributed by atoms with Crippen molar-refractivity contribution < 1.29 is 0 Å². The zero-order chi connectivity index (χ0) is 7.90. The first-order chi connectivity index (χ1) is 5.22. The van der Waals surface area contributed by atoms with Crippen molar-refractivity contribution in [3.8, 4) is 0 Å². The van der Waals surface area contributed by atoms with Crippen LogP contribution >= 0.6 is 0 Å². The highest BCUT2D eigenvalue weighted by Gasteiger charge is 2.40. The fourth-order valence-electron chi connectivity index (χ4n) is 1.35. The summed E-state index contributed by atoms with van der Waals surface area (Å²) in [7, 11) is 5.77. The third-order valence-electron chi connectivity index (χ3n) is 2.29. The zero-order valence-electron chi connectivity index (χ0n) is 6.38. The van der Waals surface area contributed by atoms with E-state index >= 15 is 0 Å². The number of hydrogen-bond acceptors (Lipinski definition) is 1. The molecule has 1 aromatic rings. The highest BCUT2D eigenvalue weighted by atomic mass is 14.8. The van der Waals surface area contributed by atoms with E-state index in [1.54, 1.807) is 0 Å². The minimum Gasteiger partial charge on any atom is -0.321 e. The number of hydrogen-bond donors (Lipinski definition) is 1. The smallest absolute Gasteiger partial charge is 0.114 e. The summed E-state index contributed by atoms with van der Waals surface area (Å²) in [5.41, 5.74) is 7.83. The largest absolute Gasteiger partial charge is 0.321 e. The Morgan fingerprint density at radius 1 is 1.27 bits per heavy atom. The third kappa shape index (κ3) is 1.08. The summed E-state index contributed by atoms with van der Waals surface area (Å²) in [4.78, 5) is 0. The molecule has 0 heterocycles. The van der Waals surface area contributed by atoms with E-state index in [9.17, 15) is 0 Å². The Hall–Kier alpha value is -0.755. The second-order valence-corrected chi connectivity index (χ2v) is 3.24. The number of nitrogens with two attached hydrogens (primary N) is 1. The molecule has 2 N–H and O–H groups in total. The molecule has 0 atom stereocenters. The number of benzene rings is 1. The van der Waals surface area contributed by atoms with Crippen molar-refractivity contribution in [3.05, 3.63) is 29.8 Å². The first-order valence-corrected chi connectivity index (χ1v) is 3.86. The molecule has 0 amide bonds. The average molecular weight is 143 g/mol. The Balaban J connectivity index is 2.45. The summed E-state index contributed by atoms with van der Waals surface area (Å²) in [6.07, 6.45) is 2.14. The van der Waals surface area contributed by atoms with E-state index in [1.807, 2.05) is 24.3 Å². The van der Waals surface area contributed by atoms with Gasteiger partial charge >= 0.3 is 0 Å². The molecule has 2 rings (SSSR count). The minimum absolute atomic E-state index is 0.0919. The van der Waals surface area contributed by atoms with Gasteiger partial charge in [0.25, 0.3) is 0 Å². The second kappa shape index (κ2) is 2.11. The molecular formula is C9H10BN. The van der Waals surface area contributed by atoms with Crippen LogP contribution in [0.3, 0.4) is 0 Å². The van der Waals surface area contributed by atoms with Gasteiger partial charge in [-0.05, 0) is 18.4 Å². The van der Waals surface area contributed by atoms with Crippen LogP contribution in [0.1, 0.15) is 18.4 Å². The maximum atomic E-state index is 5.99. The van der Waals surface area contributed by atoms with Crippen molar-refractivity contribution >= 4 is 13.3 Å². The van der Waals surface area contributed by atoms with Crippen LogP contribution in [-0.2, 0) is 5.54 Å². The predicted molar refractivity (Wildman–Crippen MR) is 46.9 cm³/mol. The van der Waals surface area contributed by atoms with Gasteiger partial charge in [-0.3, -0.25) is 0 Å². The molecule has 0 aromatic heterocycles. The predicted octanol–water partition coefficient (Wildman–Crippen LogP) is 0.428. The lowest BCUT2D eigenvalue weighted by molar-refractivity contribution is 0.745. The SMILES string of the molecule is [B]c1ccccc1C1(N)CC1. The van der Waals surface area contributed by atoms with E-state index in [-0.39, 0.29) is 5.54 Å². The standard InChI is InChI=1S/C9H10BN/c10-8-4-2-1-3-7(8)9(11)5-6-9/h1-4H,5-6,11H2. The van der Waals surface area contributed by atoms with Crippen LogP contribution < -0.4 is 11.2 Å². The highest BCUT2D eigenvalue weighted by molar-refractivity contribution is 6.33. The molecule has 1 aliphatic rings. The van der Waals surface area contributed by atoms with E-state index in [0.29, 0.717) is 0 Å². The summed E-state index contributed by atoms with van der Waals surface area (Å²) in [6, 6.07) is 7.84. The molecule has 0 bridgehead atoms. The topological polar surface area (TPSA) is 26.0 Å². The van der Waals surface area contributed by atoms with Gasteiger partial charge in [-0.2, -0.15) is 0 Å². The summed E-state index contributed by atoms with van der Waals surface area (Å²) < 4.78 is 0. The van der Waals surface area contributed by atoms with Crippen LogP contribution in [-0.4, -0.2) is 7.85 Å². The second-order valence-electron chi connectivity index (χ2n) is 3.24. The Morgan fingerprint density at radius 2 is 1.91 bits per heavy atom. The molecular weight excluding hydrogens is 133 g/mol. The molecule has 1 saturated carbocycles. The summed E-state index contributed by atoms with van der Waals surface area (Å²) in [6.45, 7) is 0. The molecule has 1 fully saturated rings. The van der Waals surface area contributed by atoms with Gasteiger partial charge in [-0.25, -0.2) is 0 Å². The van der Waals surface area contributed by atoms with Crippen LogP contribution in [0.25, 0.3) is 0 Å². The molecule has 2 radical (unpaired) electrons. The van der Waals surface area contributed by atoms with Crippen LogP contribution in [0.15, 0.2) is 24.3 Å². The van der Waals surface area contributed by atoms with Crippen LogP contribution in [0.5, 0.6) is 0 Å². The number of rotatable bonds is 1. The van der Waals surface area contributed by atoms with Crippen LogP contribution in [0, 0.1) is 0 Å². The maximum Gasteiger partial charge on any atom is 0.114 e. The first kappa shape index (κ1) is 6.92. The Bertz CT molecular complexity index is 279. The Labute approximate surface area is 68.0 Å². The molecule has 54 valence electrons. The van der Waals surface area contributed by atoms with Gasteiger partial charge in [0, 0.05) is 5.54 Å².